The molecule has 0 bridgehead atoms. The first-order chi connectivity index (χ1) is 9.33. The van der Waals surface area contributed by atoms with Crippen LogP contribution in [-0.4, -0.2) is 12.7 Å². The molecule has 1 aromatic rings. The van der Waals surface area contributed by atoms with Gasteiger partial charge in [-0.1, -0.05) is 34.1 Å². The number of fused-ring (bicyclic) bond motifs is 1. The Hall–Kier alpha value is -0.380. The van der Waals surface area contributed by atoms with Crippen LogP contribution in [0.2, 0.25) is 0 Å². The number of ether oxygens (including phenoxy) is 2. The maximum absolute atomic E-state index is 5.80. The predicted octanol–water partition coefficient (Wildman–Crippen LogP) is 4.50. The van der Waals surface area contributed by atoms with Gasteiger partial charge in [-0.15, -0.1) is 0 Å². The van der Waals surface area contributed by atoms with Gasteiger partial charge in [0, 0.05) is 11.4 Å². The minimum atomic E-state index is 0.434. The van der Waals surface area contributed by atoms with Crippen molar-refractivity contribution in [2.24, 2.45) is 0 Å². The van der Waals surface area contributed by atoms with Crippen LogP contribution in [0.4, 0.5) is 0 Å². The zero-order valence-corrected chi connectivity index (χ0v) is 12.8. The van der Waals surface area contributed by atoms with Crippen LogP contribution in [0.1, 0.15) is 53.6 Å². The molecule has 2 atom stereocenters. The summed E-state index contributed by atoms with van der Waals surface area (Å²) in [6.07, 6.45) is 6.57. The summed E-state index contributed by atoms with van der Waals surface area (Å²) in [6, 6.07) is 6.74. The molecule has 3 rings (SSSR count). The van der Waals surface area contributed by atoms with E-state index in [1.165, 1.54) is 36.0 Å². The van der Waals surface area contributed by atoms with E-state index in [4.69, 9.17) is 9.47 Å². The van der Waals surface area contributed by atoms with Crippen molar-refractivity contribution in [3.05, 3.63) is 34.9 Å². The second kappa shape index (κ2) is 6.38. The van der Waals surface area contributed by atoms with Crippen LogP contribution >= 0.6 is 15.9 Å². The monoisotopic (exact) mass is 324 g/mol. The number of hydrogen-bond donors (Lipinski definition) is 0. The Balaban J connectivity index is 1.56. The topological polar surface area (TPSA) is 18.5 Å². The molecule has 104 valence electrons. The zero-order valence-electron chi connectivity index (χ0n) is 11.2. The van der Waals surface area contributed by atoms with Gasteiger partial charge < -0.3 is 9.47 Å². The molecule has 0 radical (unpaired) electrons. The summed E-state index contributed by atoms with van der Waals surface area (Å²) in [6.45, 7) is 2.50. The standard InChI is InChI=1S/C16H21BrO2/c17-16(7-6-15-3-1-2-8-19-15)12-4-5-13-10-18-11-14(13)9-12/h4-5,9,15-16H,1-3,6-8,10-11H2. The lowest BCUT2D eigenvalue weighted by molar-refractivity contribution is 0.0102. The highest BCUT2D eigenvalue weighted by atomic mass is 79.9. The molecule has 2 heterocycles. The number of hydrogen-bond acceptors (Lipinski definition) is 2. The Morgan fingerprint density at radius 2 is 2.11 bits per heavy atom. The van der Waals surface area contributed by atoms with Crippen LogP contribution < -0.4 is 0 Å². The van der Waals surface area contributed by atoms with Crippen LogP contribution in [0.3, 0.4) is 0 Å². The van der Waals surface area contributed by atoms with Crippen molar-refractivity contribution in [1.29, 1.82) is 0 Å². The summed E-state index contributed by atoms with van der Waals surface area (Å²) in [5.41, 5.74) is 4.08. The van der Waals surface area contributed by atoms with Gasteiger partial charge in [0.2, 0.25) is 0 Å². The van der Waals surface area contributed by atoms with Crippen LogP contribution in [-0.2, 0) is 22.7 Å². The summed E-state index contributed by atoms with van der Waals surface area (Å²) in [5, 5.41) is 0. The molecule has 0 amide bonds. The molecule has 0 aromatic heterocycles. The number of rotatable bonds is 4. The minimum Gasteiger partial charge on any atom is -0.378 e. The van der Waals surface area contributed by atoms with E-state index < -0.39 is 0 Å². The lowest BCUT2D eigenvalue weighted by Crippen LogP contribution is -2.19. The minimum absolute atomic E-state index is 0.434. The van der Waals surface area contributed by atoms with Crippen LogP contribution in [0.25, 0.3) is 0 Å². The van der Waals surface area contributed by atoms with Gasteiger partial charge >= 0.3 is 0 Å². The van der Waals surface area contributed by atoms with E-state index >= 15 is 0 Å². The van der Waals surface area contributed by atoms with E-state index in [9.17, 15) is 0 Å². The molecule has 1 fully saturated rings. The van der Waals surface area contributed by atoms with Gasteiger partial charge in [-0.2, -0.15) is 0 Å². The molecule has 0 aliphatic carbocycles. The third kappa shape index (κ3) is 3.39. The second-order valence-electron chi connectivity index (χ2n) is 5.55. The van der Waals surface area contributed by atoms with E-state index in [2.05, 4.69) is 34.1 Å². The lowest BCUT2D eigenvalue weighted by atomic mass is 9.99. The first kappa shape index (κ1) is 13.6. The molecule has 0 saturated carbocycles. The van der Waals surface area contributed by atoms with Crippen molar-refractivity contribution in [3.8, 4) is 0 Å². The zero-order chi connectivity index (χ0) is 13.1. The molecular formula is C16H21BrO2. The molecule has 1 saturated heterocycles. The molecule has 2 aliphatic heterocycles. The molecule has 19 heavy (non-hydrogen) atoms. The number of alkyl halides is 1. The third-order valence-corrected chi connectivity index (χ3v) is 5.11. The van der Waals surface area contributed by atoms with Gasteiger partial charge in [0.25, 0.3) is 0 Å². The fourth-order valence-electron chi connectivity index (χ4n) is 2.92. The molecule has 3 heteroatoms. The largest absolute Gasteiger partial charge is 0.378 e. The lowest BCUT2D eigenvalue weighted by Gasteiger charge is -2.23. The van der Waals surface area contributed by atoms with E-state index in [1.807, 2.05) is 0 Å². The van der Waals surface area contributed by atoms with E-state index in [0.717, 1.165) is 32.7 Å². The van der Waals surface area contributed by atoms with Crippen LogP contribution in [0.5, 0.6) is 0 Å². The highest BCUT2D eigenvalue weighted by molar-refractivity contribution is 9.09. The van der Waals surface area contributed by atoms with Crippen LogP contribution in [0, 0.1) is 0 Å². The second-order valence-corrected chi connectivity index (χ2v) is 6.66. The van der Waals surface area contributed by atoms with Gasteiger partial charge in [-0.25, -0.2) is 0 Å². The Morgan fingerprint density at radius 1 is 1.21 bits per heavy atom. The first-order valence-corrected chi connectivity index (χ1v) is 8.19. The maximum Gasteiger partial charge on any atom is 0.0725 e. The van der Waals surface area contributed by atoms with E-state index in [-0.39, 0.29) is 0 Å². The van der Waals surface area contributed by atoms with Crippen molar-refractivity contribution < 1.29 is 9.47 Å². The molecular weight excluding hydrogens is 304 g/mol. The SMILES string of the molecule is BrC(CCC1CCCCO1)c1ccc2c(c1)COC2. The Labute approximate surface area is 123 Å². The van der Waals surface area contributed by atoms with E-state index in [0.29, 0.717) is 10.9 Å². The Bertz CT molecular complexity index is 427. The molecule has 0 N–H and O–H groups in total. The molecule has 1 aromatic carbocycles. The van der Waals surface area contributed by atoms with Gasteiger partial charge in [0.05, 0.1) is 19.3 Å². The van der Waals surface area contributed by atoms with Crippen molar-refractivity contribution in [2.45, 2.75) is 56.2 Å². The average Bonchev–Trinajstić information content (AvgIpc) is 2.93. The van der Waals surface area contributed by atoms with Crippen LogP contribution in [0.15, 0.2) is 18.2 Å². The molecule has 2 unspecified atom stereocenters. The molecule has 2 aliphatic rings. The molecule has 2 nitrogen and oxygen atoms in total. The van der Waals surface area contributed by atoms with E-state index in [1.54, 1.807) is 0 Å². The van der Waals surface area contributed by atoms with Crippen molar-refractivity contribution in [2.75, 3.05) is 6.61 Å². The Kier molecular flexibility index (Phi) is 4.57. The third-order valence-electron chi connectivity index (χ3n) is 4.12. The van der Waals surface area contributed by atoms with Gasteiger partial charge in [-0.05, 0) is 48.8 Å². The average molecular weight is 325 g/mol. The van der Waals surface area contributed by atoms with Crippen molar-refractivity contribution >= 4 is 15.9 Å². The fraction of sp³-hybridized carbons (Fsp3) is 0.625. The summed E-state index contributed by atoms with van der Waals surface area (Å²) < 4.78 is 11.3. The van der Waals surface area contributed by atoms with Gasteiger partial charge in [0.1, 0.15) is 0 Å². The quantitative estimate of drug-likeness (QED) is 0.759. The van der Waals surface area contributed by atoms with Gasteiger partial charge in [0.15, 0.2) is 0 Å². The highest BCUT2D eigenvalue weighted by Gasteiger charge is 2.18. The predicted molar refractivity (Wildman–Crippen MR) is 79.4 cm³/mol. The Morgan fingerprint density at radius 3 is 2.95 bits per heavy atom. The normalized spacial score (nSPS) is 24.2. The summed E-state index contributed by atoms with van der Waals surface area (Å²) in [4.78, 5) is 0.434. The number of halogens is 1. The first-order valence-electron chi connectivity index (χ1n) is 7.28. The van der Waals surface area contributed by atoms with Crippen molar-refractivity contribution in [1.82, 2.24) is 0 Å². The number of benzene rings is 1. The molecule has 0 spiro atoms. The maximum atomic E-state index is 5.80. The summed E-state index contributed by atoms with van der Waals surface area (Å²) >= 11 is 3.82. The fourth-order valence-corrected chi connectivity index (χ4v) is 3.47. The van der Waals surface area contributed by atoms with Gasteiger partial charge in [-0.3, -0.25) is 0 Å². The highest BCUT2D eigenvalue weighted by Crippen LogP contribution is 2.32. The summed E-state index contributed by atoms with van der Waals surface area (Å²) in [5.74, 6) is 0. The van der Waals surface area contributed by atoms with Crippen molar-refractivity contribution in [3.63, 3.8) is 0 Å². The summed E-state index contributed by atoms with van der Waals surface area (Å²) in [7, 11) is 0. The smallest absolute Gasteiger partial charge is 0.0725 e.